The van der Waals surface area contributed by atoms with E-state index in [0.717, 1.165) is 23.1 Å². The van der Waals surface area contributed by atoms with Crippen molar-refractivity contribution in [1.82, 2.24) is 9.99 Å². The van der Waals surface area contributed by atoms with Crippen molar-refractivity contribution in [2.24, 2.45) is 18.1 Å². The molecular formula is C17H16N4O2S2. The van der Waals surface area contributed by atoms with Gasteiger partial charge in [-0.2, -0.15) is 0 Å². The monoisotopic (exact) mass is 372 g/mol. The fourth-order valence-electron chi connectivity index (χ4n) is 2.44. The third-order valence-electron chi connectivity index (χ3n) is 3.99. The standard InChI is InChI=1S/C17H16N4O2S2/c1-21-11-4-2-3-5-12(11)25-17(21)20-19-16(23)13-8-9-14(24-13)18-15(22)10-6-7-10/h2-5,8-10H,6-7H2,1H3,(H,18,22)(H,19,23). The number of carbonyl (C=O) groups excluding carboxylic acids is 2. The number of anilines is 1. The summed E-state index contributed by atoms with van der Waals surface area (Å²) in [6.07, 6.45) is 1.91. The Kier molecular flexibility index (Phi) is 4.14. The molecule has 6 nitrogen and oxygen atoms in total. The van der Waals surface area contributed by atoms with Gasteiger partial charge in [0.15, 0.2) is 0 Å². The van der Waals surface area contributed by atoms with Crippen molar-refractivity contribution in [3.05, 3.63) is 46.1 Å². The average Bonchev–Trinajstić information content (AvgIpc) is 3.29. The number of thiophene rings is 1. The largest absolute Gasteiger partial charge is 0.318 e. The molecule has 0 aliphatic heterocycles. The summed E-state index contributed by atoms with van der Waals surface area (Å²) in [5, 5.41) is 7.77. The first kappa shape index (κ1) is 16.0. The highest BCUT2D eigenvalue weighted by Gasteiger charge is 2.29. The molecule has 0 bridgehead atoms. The first-order valence-electron chi connectivity index (χ1n) is 7.91. The van der Waals surface area contributed by atoms with E-state index in [9.17, 15) is 9.59 Å². The topological polar surface area (TPSA) is 75.5 Å². The number of carbonyl (C=O) groups is 2. The summed E-state index contributed by atoms with van der Waals surface area (Å²) in [5.41, 5.74) is 3.66. The SMILES string of the molecule is Cn1c(=NNC(=O)c2ccc(NC(=O)C3CC3)s2)sc2ccccc21. The molecule has 1 aliphatic carbocycles. The van der Waals surface area contributed by atoms with Crippen LogP contribution in [0.3, 0.4) is 0 Å². The van der Waals surface area contributed by atoms with Gasteiger partial charge in [-0.05, 0) is 37.1 Å². The molecule has 25 heavy (non-hydrogen) atoms. The van der Waals surface area contributed by atoms with Gasteiger partial charge < -0.3 is 9.88 Å². The van der Waals surface area contributed by atoms with Crippen molar-refractivity contribution in [3.63, 3.8) is 0 Å². The fraction of sp³-hybridized carbons (Fsp3) is 0.235. The Bertz CT molecular complexity index is 1030. The quantitative estimate of drug-likeness (QED) is 0.691. The maximum absolute atomic E-state index is 12.3. The number of nitrogens with zero attached hydrogens (tertiary/aromatic N) is 2. The van der Waals surface area contributed by atoms with Gasteiger partial charge in [0.05, 0.1) is 20.1 Å². The highest BCUT2D eigenvalue weighted by molar-refractivity contribution is 7.18. The van der Waals surface area contributed by atoms with Crippen LogP contribution in [0.5, 0.6) is 0 Å². The Morgan fingerprint density at radius 2 is 1.96 bits per heavy atom. The summed E-state index contributed by atoms with van der Waals surface area (Å²) >= 11 is 2.76. The predicted octanol–water partition coefficient (Wildman–Crippen LogP) is 2.90. The van der Waals surface area contributed by atoms with E-state index < -0.39 is 0 Å². The van der Waals surface area contributed by atoms with Crippen molar-refractivity contribution < 1.29 is 9.59 Å². The Labute approximate surface area is 151 Å². The van der Waals surface area contributed by atoms with Crippen LogP contribution in [-0.2, 0) is 11.8 Å². The number of hydrogen-bond donors (Lipinski definition) is 2. The zero-order valence-electron chi connectivity index (χ0n) is 13.5. The maximum Gasteiger partial charge on any atom is 0.281 e. The minimum absolute atomic E-state index is 0.0378. The lowest BCUT2D eigenvalue weighted by atomic mass is 10.3. The minimum Gasteiger partial charge on any atom is -0.318 e. The van der Waals surface area contributed by atoms with Crippen molar-refractivity contribution in [1.29, 1.82) is 0 Å². The number of aromatic nitrogens is 1. The second-order valence-corrected chi connectivity index (χ2v) is 7.98. The first-order valence-corrected chi connectivity index (χ1v) is 9.54. The van der Waals surface area contributed by atoms with Crippen LogP contribution in [0.4, 0.5) is 5.00 Å². The third kappa shape index (κ3) is 3.35. The van der Waals surface area contributed by atoms with E-state index in [-0.39, 0.29) is 17.7 Å². The molecule has 0 spiro atoms. The van der Waals surface area contributed by atoms with Crippen molar-refractivity contribution in [2.75, 3.05) is 5.32 Å². The average molecular weight is 372 g/mol. The Hall–Kier alpha value is -2.45. The van der Waals surface area contributed by atoms with Gasteiger partial charge in [0, 0.05) is 13.0 Å². The minimum atomic E-state index is -0.283. The van der Waals surface area contributed by atoms with E-state index in [0.29, 0.717) is 14.7 Å². The molecule has 0 unspecified atom stereocenters. The molecule has 1 saturated carbocycles. The van der Waals surface area contributed by atoms with E-state index in [2.05, 4.69) is 15.8 Å². The number of thiazole rings is 1. The van der Waals surface area contributed by atoms with Crippen LogP contribution in [0.1, 0.15) is 22.5 Å². The molecule has 1 aromatic carbocycles. The summed E-state index contributed by atoms with van der Waals surface area (Å²) in [6, 6.07) is 11.4. The van der Waals surface area contributed by atoms with Crippen LogP contribution in [0, 0.1) is 5.92 Å². The molecule has 0 atom stereocenters. The summed E-state index contributed by atoms with van der Waals surface area (Å²) in [5.74, 6) is -0.104. The van der Waals surface area contributed by atoms with E-state index in [1.807, 2.05) is 35.9 Å². The van der Waals surface area contributed by atoms with E-state index in [4.69, 9.17) is 0 Å². The molecule has 2 amide bonds. The van der Waals surface area contributed by atoms with Crippen LogP contribution >= 0.6 is 22.7 Å². The van der Waals surface area contributed by atoms with E-state index in [1.54, 1.807) is 12.1 Å². The lowest BCUT2D eigenvalue weighted by Gasteiger charge is -1.99. The number of para-hydroxylation sites is 1. The van der Waals surface area contributed by atoms with Crippen LogP contribution in [-0.4, -0.2) is 16.4 Å². The normalized spacial score (nSPS) is 14.7. The number of fused-ring (bicyclic) bond motifs is 1. The third-order valence-corrected chi connectivity index (χ3v) is 6.10. The number of nitrogens with one attached hydrogen (secondary N) is 2. The maximum atomic E-state index is 12.3. The lowest BCUT2D eigenvalue weighted by molar-refractivity contribution is -0.117. The molecule has 1 aliphatic rings. The van der Waals surface area contributed by atoms with Crippen LogP contribution in [0.15, 0.2) is 41.5 Å². The number of benzene rings is 1. The second-order valence-electron chi connectivity index (χ2n) is 5.89. The molecule has 128 valence electrons. The first-order chi connectivity index (χ1) is 12.1. The summed E-state index contributed by atoms with van der Waals surface area (Å²) in [6.45, 7) is 0. The molecule has 2 N–H and O–H groups in total. The number of amides is 2. The molecule has 0 radical (unpaired) electrons. The summed E-state index contributed by atoms with van der Waals surface area (Å²) < 4.78 is 3.05. The van der Waals surface area contributed by atoms with Gasteiger partial charge in [-0.15, -0.1) is 16.4 Å². The second kappa shape index (κ2) is 6.45. The molecule has 4 rings (SSSR count). The lowest BCUT2D eigenvalue weighted by Crippen LogP contribution is -2.22. The van der Waals surface area contributed by atoms with Gasteiger partial charge in [0.1, 0.15) is 0 Å². The van der Waals surface area contributed by atoms with Crippen LogP contribution in [0.2, 0.25) is 0 Å². The van der Waals surface area contributed by atoms with E-state index >= 15 is 0 Å². The van der Waals surface area contributed by atoms with Crippen LogP contribution < -0.4 is 15.5 Å². The summed E-state index contributed by atoms with van der Waals surface area (Å²) in [4.78, 5) is 25.3. The summed E-state index contributed by atoms with van der Waals surface area (Å²) in [7, 11) is 1.92. The molecule has 8 heteroatoms. The zero-order chi connectivity index (χ0) is 17.4. The number of hydrogen-bond acceptors (Lipinski definition) is 5. The molecule has 3 aromatic rings. The van der Waals surface area contributed by atoms with Gasteiger partial charge in [0.2, 0.25) is 10.7 Å². The molecular weight excluding hydrogens is 356 g/mol. The molecule has 2 heterocycles. The van der Waals surface area contributed by atoms with Crippen LogP contribution in [0.25, 0.3) is 10.2 Å². The number of aryl methyl sites for hydroxylation is 1. The predicted molar refractivity (Wildman–Crippen MR) is 99.5 cm³/mol. The number of rotatable bonds is 4. The Balaban J connectivity index is 1.48. The van der Waals surface area contributed by atoms with Crippen molar-refractivity contribution >= 4 is 49.7 Å². The van der Waals surface area contributed by atoms with Crippen molar-refractivity contribution in [3.8, 4) is 0 Å². The highest BCUT2D eigenvalue weighted by atomic mass is 32.1. The van der Waals surface area contributed by atoms with E-state index in [1.165, 1.54) is 22.7 Å². The van der Waals surface area contributed by atoms with Gasteiger partial charge in [0.25, 0.3) is 5.91 Å². The zero-order valence-corrected chi connectivity index (χ0v) is 15.1. The van der Waals surface area contributed by atoms with Gasteiger partial charge in [-0.3, -0.25) is 9.59 Å². The smallest absolute Gasteiger partial charge is 0.281 e. The highest BCUT2D eigenvalue weighted by Crippen LogP contribution is 2.31. The van der Waals surface area contributed by atoms with Gasteiger partial charge in [-0.25, -0.2) is 5.43 Å². The van der Waals surface area contributed by atoms with Gasteiger partial charge >= 0.3 is 0 Å². The van der Waals surface area contributed by atoms with Crippen molar-refractivity contribution in [2.45, 2.75) is 12.8 Å². The molecule has 0 saturated heterocycles. The Morgan fingerprint density at radius 3 is 2.72 bits per heavy atom. The fourth-order valence-corrected chi connectivity index (χ4v) is 4.22. The molecule has 1 fully saturated rings. The Morgan fingerprint density at radius 1 is 1.16 bits per heavy atom. The molecule has 2 aromatic heterocycles. The van der Waals surface area contributed by atoms with Gasteiger partial charge in [-0.1, -0.05) is 23.5 Å².